The molecule has 0 spiro atoms. The first-order valence-electron chi connectivity index (χ1n) is 7.18. The average molecular weight is 306 g/mol. The summed E-state index contributed by atoms with van der Waals surface area (Å²) < 4.78 is 0. The highest BCUT2D eigenvalue weighted by atomic mass is 32.1. The van der Waals surface area contributed by atoms with E-state index in [2.05, 4.69) is 31.0 Å². The van der Waals surface area contributed by atoms with Gasteiger partial charge in [-0.15, -0.1) is 10.2 Å². The largest absolute Gasteiger partial charge is 0.332 e. The van der Waals surface area contributed by atoms with Gasteiger partial charge < -0.3 is 5.32 Å². The third kappa shape index (κ3) is 3.78. The molecular weight excluding hydrogens is 288 g/mol. The molecule has 0 atom stereocenters. The molecule has 2 aromatic rings. The zero-order chi connectivity index (χ0) is 14.5. The van der Waals surface area contributed by atoms with Crippen LogP contribution in [-0.2, 0) is 6.54 Å². The molecule has 0 unspecified atom stereocenters. The van der Waals surface area contributed by atoms with Crippen molar-refractivity contribution in [2.45, 2.75) is 44.6 Å². The summed E-state index contributed by atoms with van der Waals surface area (Å²) in [7, 11) is 0. The number of carbonyl (C=O) groups excluding carboxylic acids is 1. The Hall–Kier alpha value is -1.96. The lowest BCUT2D eigenvalue weighted by atomic mass is 9.90. The van der Waals surface area contributed by atoms with Gasteiger partial charge in [-0.25, -0.2) is 4.79 Å². The normalized spacial score (nSPS) is 15.8. The van der Waals surface area contributed by atoms with E-state index < -0.39 is 0 Å². The summed E-state index contributed by atoms with van der Waals surface area (Å²) in [6, 6.07) is 1.53. The summed E-state index contributed by atoms with van der Waals surface area (Å²) in [6.45, 7) is 0.403. The zero-order valence-corrected chi connectivity index (χ0v) is 12.4. The number of hydrogen-bond donors (Lipinski definition) is 3. The van der Waals surface area contributed by atoms with Gasteiger partial charge in [0.2, 0.25) is 5.13 Å². The summed E-state index contributed by atoms with van der Waals surface area (Å²) in [5.41, 5.74) is 0.852. The van der Waals surface area contributed by atoms with Crippen molar-refractivity contribution in [1.82, 2.24) is 25.7 Å². The molecule has 1 saturated carbocycles. The molecule has 2 amide bonds. The summed E-state index contributed by atoms with van der Waals surface area (Å²) in [5, 5.41) is 21.9. The van der Waals surface area contributed by atoms with Gasteiger partial charge in [0.05, 0.1) is 12.2 Å². The SMILES string of the molecule is O=C(NCc1ccn[nH]1)Nc1nnc(C2CCCCC2)s1. The van der Waals surface area contributed by atoms with Gasteiger partial charge in [-0.3, -0.25) is 10.4 Å². The van der Waals surface area contributed by atoms with Gasteiger partial charge in [0, 0.05) is 12.1 Å². The summed E-state index contributed by atoms with van der Waals surface area (Å²) in [4.78, 5) is 11.8. The zero-order valence-electron chi connectivity index (χ0n) is 11.6. The summed E-state index contributed by atoms with van der Waals surface area (Å²) >= 11 is 1.48. The van der Waals surface area contributed by atoms with Crippen LogP contribution in [0.4, 0.5) is 9.93 Å². The lowest BCUT2D eigenvalue weighted by Crippen LogP contribution is -2.28. The van der Waals surface area contributed by atoms with Crippen LogP contribution in [0.1, 0.15) is 48.7 Å². The van der Waals surface area contributed by atoms with E-state index in [4.69, 9.17) is 0 Å². The van der Waals surface area contributed by atoms with E-state index in [1.165, 1.54) is 43.4 Å². The van der Waals surface area contributed by atoms with Crippen molar-refractivity contribution in [3.8, 4) is 0 Å². The second kappa shape index (κ2) is 6.66. The monoisotopic (exact) mass is 306 g/mol. The van der Waals surface area contributed by atoms with Crippen LogP contribution in [0, 0.1) is 0 Å². The number of hydrogen-bond acceptors (Lipinski definition) is 5. The Balaban J connectivity index is 1.50. The lowest BCUT2D eigenvalue weighted by Gasteiger charge is -2.18. The number of anilines is 1. The van der Waals surface area contributed by atoms with Crippen molar-refractivity contribution < 1.29 is 4.79 Å². The van der Waals surface area contributed by atoms with Crippen LogP contribution in [0.15, 0.2) is 12.3 Å². The van der Waals surface area contributed by atoms with E-state index in [9.17, 15) is 4.79 Å². The molecule has 0 saturated heterocycles. The van der Waals surface area contributed by atoms with Gasteiger partial charge in [-0.1, -0.05) is 30.6 Å². The lowest BCUT2D eigenvalue weighted by molar-refractivity contribution is 0.251. The van der Waals surface area contributed by atoms with Crippen molar-refractivity contribution in [1.29, 1.82) is 0 Å². The first-order chi connectivity index (χ1) is 10.3. The van der Waals surface area contributed by atoms with E-state index >= 15 is 0 Å². The maximum absolute atomic E-state index is 11.8. The number of nitrogens with one attached hydrogen (secondary N) is 3. The number of carbonyl (C=O) groups is 1. The van der Waals surface area contributed by atoms with Crippen molar-refractivity contribution in [3.05, 3.63) is 23.0 Å². The molecule has 1 aliphatic carbocycles. The first kappa shape index (κ1) is 14.0. The molecule has 2 aromatic heterocycles. The average Bonchev–Trinajstić information content (AvgIpc) is 3.17. The van der Waals surface area contributed by atoms with Gasteiger partial charge in [-0.2, -0.15) is 5.10 Å². The number of aromatic nitrogens is 4. The van der Waals surface area contributed by atoms with Gasteiger partial charge in [0.25, 0.3) is 0 Å². The molecule has 1 aliphatic rings. The van der Waals surface area contributed by atoms with E-state index in [0.717, 1.165) is 10.7 Å². The van der Waals surface area contributed by atoms with Crippen LogP contribution in [0.2, 0.25) is 0 Å². The van der Waals surface area contributed by atoms with Crippen LogP contribution in [-0.4, -0.2) is 26.4 Å². The van der Waals surface area contributed by atoms with E-state index in [-0.39, 0.29) is 6.03 Å². The Bertz CT molecular complexity index is 575. The number of nitrogens with zero attached hydrogens (tertiary/aromatic N) is 3. The van der Waals surface area contributed by atoms with Gasteiger partial charge in [-0.05, 0) is 18.9 Å². The molecular formula is C13H18N6OS. The van der Waals surface area contributed by atoms with Gasteiger partial charge >= 0.3 is 6.03 Å². The second-order valence-corrected chi connectivity index (χ2v) is 6.18. The molecule has 0 radical (unpaired) electrons. The van der Waals surface area contributed by atoms with Crippen LogP contribution >= 0.6 is 11.3 Å². The number of amides is 2. The predicted molar refractivity (Wildman–Crippen MR) is 80.2 cm³/mol. The topological polar surface area (TPSA) is 95.6 Å². The van der Waals surface area contributed by atoms with E-state index in [1.54, 1.807) is 6.20 Å². The highest BCUT2D eigenvalue weighted by Gasteiger charge is 2.20. The molecule has 3 N–H and O–H groups in total. The van der Waals surface area contributed by atoms with Gasteiger partial charge in [0.1, 0.15) is 5.01 Å². The number of H-pyrrole nitrogens is 1. The predicted octanol–water partition coefficient (Wildman–Crippen LogP) is 2.63. The minimum absolute atomic E-state index is 0.282. The van der Waals surface area contributed by atoms with Crippen molar-refractivity contribution in [3.63, 3.8) is 0 Å². The molecule has 0 bridgehead atoms. The smallest absolute Gasteiger partial charge is 0.321 e. The maximum atomic E-state index is 11.8. The minimum atomic E-state index is -0.282. The number of aromatic amines is 1. The maximum Gasteiger partial charge on any atom is 0.321 e. The second-order valence-electron chi connectivity index (χ2n) is 5.17. The fraction of sp³-hybridized carbons (Fsp3) is 0.538. The Kier molecular flexibility index (Phi) is 4.44. The molecule has 7 nitrogen and oxygen atoms in total. The van der Waals surface area contributed by atoms with E-state index in [0.29, 0.717) is 17.6 Å². The third-order valence-corrected chi connectivity index (χ3v) is 4.61. The Morgan fingerprint density at radius 1 is 1.33 bits per heavy atom. The highest BCUT2D eigenvalue weighted by molar-refractivity contribution is 7.15. The van der Waals surface area contributed by atoms with Crippen molar-refractivity contribution in [2.75, 3.05) is 5.32 Å². The Morgan fingerprint density at radius 2 is 2.19 bits per heavy atom. The third-order valence-electron chi connectivity index (χ3n) is 3.61. The first-order valence-corrected chi connectivity index (χ1v) is 7.99. The van der Waals surface area contributed by atoms with Crippen LogP contribution < -0.4 is 10.6 Å². The molecule has 3 rings (SSSR count). The number of rotatable bonds is 4. The van der Waals surface area contributed by atoms with Gasteiger partial charge in [0.15, 0.2) is 0 Å². The van der Waals surface area contributed by atoms with Crippen molar-refractivity contribution in [2.24, 2.45) is 0 Å². The molecule has 0 aromatic carbocycles. The Morgan fingerprint density at radius 3 is 2.95 bits per heavy atom. The molecule has 112 valence electrons. The highest BCUT2D eigenvalue weighted by Crippen LogP contribution is 2.35. The minimum Gasteiger partial charge on any atom is -0.332 e. The van der Waals surface area contributed by atoms with Crippen molar-refractivity contribution >= 4 is 22.5 Å². The fourth-order valence-electron chi connectivity index (χ4n) is 2.50. The van der Waals surface area contributed by atoms with E-state index in [1.807, 2.05) is 6.07 Å². The van der Waals surface area contributed by atoms with Crippen LogP contribution in [0.25, 0.3) is 0 Å². The standard InChI is InChI=1S/C13H18N6OS/c20-12(14-8-10-6-7-15-17-10)16-13-19-18-11(21-13)9-4-2-1-3-5-9/h6-7,9H,1-5,8H2,(H,15,17)(H2,14,16,19,20). The summed E-state index contributed by atoms with van der Waals surface area (Å²) in [6.07, 6.45) is 7.85. The summed E-state index contributed by atoms with van der Waals surface area (Å²) in [5.74, 6) is 0.514. The molecule has 8 heteroatoms. The molecule has 21 heavy (non-hydrogen) atoms. The molecule has 1 fully saturated rings. The fourth-order valence-corrected chi connectivity index (χ4v) is 3.41. The quantitative estimate of drug-likeness (QED) is 0.809. The Labute approximate surface area is 126 Å². The van der Waals surface area contributed by atoms with Crippen LogP contribution in [0.5, 0.6) is 0 Å². The molecule has 2 heterocycles. The van der Waals surface area contributed by atoms with Crippen LogP contribution in [0.3, 0.4) is 0 Å². The molecule has 0 aliphatic heterocycles. The number of urea groups is 1.